The summed E-state index contributed by atoms with van der Waals surface area (Å²) in [5, 5.41) is 0. The van der Waals surface area contributed by atoms with Crippen LogP contribution in [0.2, 0.25) is 0 Å². The summed E-state index contributed by atoms with van der Waals surface area (Å²) in [6, 6.07) is 2.70. The van der Waals surface area contributed by atoms with Crippen LogP contribution in [0.4, 0.5) is 13.2 Å². The molecule has 10 heteroatoms. The van der Waals surface area contributed by atoms with E-state index in [2.05, 4.69) is 0 Å². The first kappa shape index (κ1) is 18.5. The fourth-order valence-corrected chi connectivity index (χ4v) is 5.82. The zero-order valence-corrected chi connectivity index (χ0v) is 15.0. The lowest BCUT2D eigenvalue weighted by Crippen LogP contribution is -2.48. The van der Waals surface area contributed by atoms with Gasteiger partial charge >= 0.3 is 6.18 Å². The van der Waals surface area contributed by atoms with E-state index in [1.807, 2.05) is 0 Å². The fraction of sp³-hybridized carbons (Fsp3) is 0.533. The Labute approximate surface area is 148 Å². The van der Waals surface area contributed by atoms with Crippen LogP contribution in [0.3, 0.4) is 0 Å². The Hall–Kier alpha value is -1.26. The Kier molecular flexibility index (Phi) is 4.80. The number of thioether (sulfide) groups is 1. The predicted molar refractivity (Wildman–Crippen MR) is 87.4 cm³/mol. The Morgan fingerprint density at radius 3 is 2.36 bits per heavy atom. The smallest absolute Gasteiger partial charge is 0.341 e. The van der Waals surface area contributed by atoms with Crippen LogP contribution in [0, 0.1) is 0 Å². The van der Waals surface area contributed by atoms with E-state index < -0.39 is 27.8 Å². The Morgan fingerprint density at radius 2 is 1.84 bits per heavy atom. The maximum absolute atomic E-state index is 12.8. The summed E-state index contributed by atoms with van der Waals surface area (Å²) in [6.45, 7) is 0. The largest absolute Gasteiger partial charge is 0.416 e. The third kappa shape index (κ3) is 3.65. The summed E-state index contributed by atoms with van der Waals surface area (Å²) < 4.78 is 64.6. The summed E-state index contributed by atoms with van der Waals surface area (Å²) in [7, 11) is -2.38. The molecule has 3 rings (SSSR count). The van der Waals surface area contributed by atoms with Gasteiger partial charge in [0.25, 0.3) is 0 Å². The molecule has 0 spiro atoms. The van der Waals surface area contributed by atoms with Crippen LogP contribution in [0.25, 0.3) is 0 Å². The zero-order valence-electron chi connectivity index (χ0n) is 13.4. The molecule has 1 atom stereocenters. The quantitative estimate of drug-likeness (QED) is 0.787. The third-order valence-corrected chi connectivity index (χ3v) is 7.40. The highest BCUT2D eigenvalue weighted by Crippen LogP contribution is 2.34. The number of nitrogens with zero attached hydrogens (tertiary/aromatic N) is 2. The van der Waals surface area contributed by atoms with Crippen molar-refractivity contribution in [2.75, 3.05) is 18.7 Å². The highest BCUT2D eigenvalue weighted by Gasteiger charge is 2.43. The zero-order chi connectivity index (χ0) is 18.4. The lowest BCUT2D eigenvalue weighted by atomic mass is 10.2. The van der Waals surface area contributed by atoms with Crippen molar-refractivity contribution in [3.8, 4) is 0 Å². The number of hydrogen-bond acceptors (Lipinski definition) is 4. The number of amides is 1. The van der Waals surface area contributed by atoms with Crippen LogP contribution in [0.15, 0.2) is 29.2 Å². The summed E-state index contributed by atoms with van der Waals surface area (Å²) in [5.41, 5.74) is -0.914. The van der Waals surface area contributed by atoms with Crippen molar-refractivity contribution in [3.63, 3.8) is 0 Å². The molecule has 1 aromatic rings. The summed E-state index contributed by atoms with van der Waals surface area (Å²) in [6.07, 6.45) is -2.71. The molecule has 5 nitrogen and oxygen atoms in total. The number of benzene rings is 1. The number of alkyl halides is 3. The number of sulfonamides is 1. The van der Waals surface area contributed by atoms with Gasteiger partial charge in [-0.25, -0.2) is 8.42 Å². The maximum atomic E-state index is 12.8. The molecule has 1 unspecified atom stereocenters. The van der Waals surface area contributed by atoms with Gasteiger partial charge in [-0.05, 0) is 37.1 Å². The van der Waals surface area contributed by atoms with Gasteiger partial charge in [-0.3, -0.25) is 4.79 Å². The van der Waals surface area contributed by atoms with Crippen LogP contribution in [-0.2, 0) is 21.0 Å². The normalized spacial score (nSPS) is 22.2. The summed E-state index contributed by atoms with van der Waals surface area (Å²) in [5.74, 6) is 0.191. The van der Waals surface area contributed by atoms with Gasteiger partial charge in [0.05, 0.1) is 16.3 Å². The van der Waals surface area contributed by atoms with Crippen molar-refractivity contribution >= 4 is 27.7 Å². The molecule has 1 heterocycles. The second-order valence-electron chi connectivity index (χ2n) is 6.11. The summed E-state index contributed by atoms with van der Waals surface area (Å²) >= 11 is 1.32. The van der Waals surface area contributed by atoms with Gasteiger partial charge in [-0.1, -0.05) is 0 Å². The Morgan fingerprint density at radius 1 is 1.24 bits per heavy atom. The maximum Gasteiger partial charge on any atom is 0.416 e. The monoisotopic (exact) mass is 394 g/mol. The highest BCUT2D eigenvalue weighted by molar-refractivity contribution is 8.00. The van der Waals surface area contributed by atoms with Crippen LogP contribution in [-0.4, -0.2) is 54.3 Å². The molecule has 25 heavy (non-hydrogen) atoms. The topological polar surface area (TPSA) is 57.7 Å². The van der Waals surface area contributed by atoms with Crippen molar-refractivity contribution in [1.29, 1.82) is 0 Å². The van der Waals surface area contributed by atoms with E-state index in [4.69, 9.17) is 0 Å². The van der Waals surface area contributed by atoms with Crippen molar-refractivity contribution in [3.05, 3.63) is 29.8 Å². The predicted octanol–water partition coefficient (Wildman–Crippen LogP) is 2.39. The second kappa shape index (κ2) is 6.48. The molecule has 1 aromatic carbocycles. The van der Waals surface area contributed by atoms with Crippen LogP contribution < -0.4 is 0 Å². The highest BCUT2D eigenvalue weighted by atomic mass is 32.2. The van der Waals surface area contributed by atoms with Crippen LogP contribution in [0.1, 0.15) is 18.4 Å². The van der Waals surface area contributed by atoms with E-state index in [9.17, 15) is 26.4 Å². The SMILES string of the molecule is CN(C(=O)C1CSCN1S(=O)(=O)c1ccc(C(F)(F)F)cc1)C1CC1. The van der Waals surface area contributed by atoms with Crippen molar-refractivity contribution in [2.24, 2.45) is 0 Å². The van der Waals surface area contributed by atoms with E-state index in [1.165, 1.54) is 11.8 Å². The molecule has 2 aliphatic rings. The Balaban J connectivity index is 1.84. The molecular weight excluding hydrogens is 377 g/mol. The molecule has 2 fully saturated rings. The minimum Gasteiger partial charge on any atom is -0.341 e. The number of hydrogen-bond donors (Lipinski definition) is 0. The number of likely N-dealkylation sites (N-methyl/N-ethyl adjacent to an activating group) is 1. The average molecular weight is 394 g/mol. The van der Waals surface area contributed by atoms with E-state index in [-0.39, 0.29) is 22.7 Å². The molecule has 0 aromatic heterocycles. The first-order chi connectivity index (χ1) is 11.6. The fourth-order valence-electron chi connectivity index (χ4n) is 2.69. The van der Waals surface area contributed by atoms with Gasteiger partial charge in [0, 0.05) is 18.8 Å². The first-order valence-corrected chi connectivity index (χ1v) is 10.3. The molecule has 0 N–H and O–H groups in total. The molecule has 138 valence electrons. The molecule has 1 aliphatic carbocycles. The van der Waals surface area contributed by atoms with Crippen LogP contribution >= 0.6 is 11.8 Å². The van der Waals surface area contributed by atoms with Crippen molar-refractivity contribution < 1.29 is 26.4 Å². The van der Waals surface area contributed by atoms with Crippen molar-refractivity contribution in [2.45, 2.75) is 36.0 Å². The molecular formula is C15H17F3N2O3S2. The van der Waals surface area contributed by atoms with Gasteiger partial charge in [0.15, 0.2) is 0 Å². The van der Waals surface area contributed by atoms with E-state index in [0.29, 0.717) is 5.75 Å². The van der Waals surface area contributed by atoms with E-state index >= 15 is 0 Å². The molecule has 1 amide bonds. The minimum atomic E-state index is -4.53. The number of rotatable bonds is 4. The lowest BCUT2D eigenvalue weighted by Gasteiger charge is -2.26. The average Bonchev–Trinajstić information content (AvgIpc) is 3.28. The van der Waals surface area contributed by atoms with Crippen LogP contribution in [0.5, 0.6) is 0 Å². The number of halogens is 3. The third-order valence-electron chi connectivity index (χ3n) is 4.36. The number of carbonyl (C=O) groups is 1. The molecule has 0 bridgehead atoms. The molecule has 1 aliphatic heterocycles. The first-order valence-electron chi connectivity index (χ1n) is 7.66. The Bertz CT molecular complexity index is 761. The molecule has 1 saturated heterocycles. The van der Waals surface area contributed by atoms with Crippen molar-refractivity contribution in [1.82, 2.24) is 9.21 Å². The van der Waals surface area contributed by atoms with Gasteiger partial charge < -0.3 is 4.90 Å². The molecule has 0 radical (unpaired) electrons. The van der Waals surface area contributed by atoms with Gasteiger partial charge in [-0.15, -0.1) is 11.8 Å². The molecule has 1 saturated carbocycles. The van der Waals surface area contributed by atoms with E-state index in [1.54, 1.807) is 11.9 Å². The summed E-state index contributed by atoms with van der Waals surface area (Å²) in [4.78, 5) is 13.9. The lowest BCUT2D eigenvalue weighted by molar-refractivity contribution is -0.137. The van der Waals surface area contributed by atoms with Gasteiger partial charge in [0.1, 0.15) is 6.04 Å². The van der Waals surface area contributed by atoms with Gasteiger partial charge in [0.2, 0.25) is 15.9 Å². The standard InChI is InChI=1S/C15H17F3N2O3S2/c1-19(11-4-5-11)14(21)13-8-24-9-20(13)25(22,23)12-6-2-10(3-7-12)15(16,17)18/h2-3,6-7,11,13H,4-5,8-9H2,1H3. The second-order valence-corrected chi connectivity index (χ2v) is 9.00. The number of carbonyl (C=O) groups excluding carboxylic acids is 1. The van der Waals surface area contributed by atoms with Gasteiger partial charge in [-0.2, -0.15) is 17.5 Å². The van der Waals surface area contributed by atoms with E-state index in [0.717, 1.165) is 41.4 Å². The minimum absolute atomic E-state index is 0.109.